The van der Waals surface area contributed by atoms with Gasteiger partial charge in [0, 0.05) is 35.8 Å². The number of nitrogens with zero attached hydrogens (tertiary/aromatic N) is 3. The summed E-state index contributed by atoms with van der Waals surface area (Å²) in [5.74, 6) is -0.875. The SMILES string of the molecule is O=C(N[C@H](C(=O)N1CCCC1)c1ccccn1)c1ccc2nc(NC(=O)c3ccccc3-c3ccc(C(F)(F)F)cc3)ccc2c1. The number of nitrogens with one attached hydrogen (secondary N) is 2. The molecule has 1 saturated heterocycles. The highest BCUT2D eigenvalue weighted by molar-refractivity contribution is 6.09. The first-order valence-corrected chi connectivity index (χ1v) is 14.7. The van der Waals surface area contributed by atoms with E-state index in [1.54, 1.807) is 83.9 Å². The molecule has 3 heterocycles. The maximum absolute atomic E-state index is 13.3. The normalized spacial score (nSPS) is 13.8. The zero-order valence-electron chi connectivity index (χ0n) is 24.4. The van der Waals surface area contributed by atoms with Crippen LogP contribution in [0.1, 0.15) is 50.9 Å². The second-order valence-electron chi connectivity index (χ2n) is 10.9. The van der Waals surface area contributed by atoms with Gasteiger partial charge >= 0.3 is 6.18 Å². The maximum Gasteiger partial charge on any atom is 0.416 e. The largest absolute Gasteiger partial charge is 0.416 e. The van der Waals surface area contributed by atoms with Gasteiger partial charge in [0.2, 0.25) is 0 Å². The van der Waals surface area contributed by atoms with E-state index in [9.17, 15) is 27.6 Å². The third-order valence-corrected chi connectivity index (χ3v) is 7.81. The fourth-order valence-corrected chi connectivity index (χ4v) is 5.44. The average Bonchev–Trinajstić information content (AvgIpc) is 3.62. The molecule has 2 N–H and O–H groups in total. The van der Waals surface area contributed by atoms with E-state index in [1.165, 1.54) is 12.1 Å². The topological polar surface area (TPSA) is 104 Å². The van der Waals surface area contributed by atoms with Crippen molar-refractivity contribution in [2.45, 2.75) is 25.1 Å². The van der Waals surface area contributed by atoms with Gasteiger partial charge in [0.15, 0.2) is 6.04 Å². The minimum atomic E-state index is -4.46. The van der Waals surface area contributed by atoms with Crippen molar-refractivity contribution in [2.75, 3.05) is 18.4 Å². The van der Waals surface area contributed by atoms with Crippen molar-refractivity contribution >= 4 is 34.4 Å². The predicted molar refractivity (Wildman–Crippen MR) is 167 cm³/mol. The number of carbonyl (C=O) groups is 3. The Hall–Kier alpha value is -5.58. The van der Waals surface area contributed by atoms with Crippen LogP contribution in [0.2, 0.25) is 0 Å². The number of hydrogen-bond donors (Lipinski definition) is 2. The Morgan fingerprint density at radius 2 is 1.54 bits per heavy atom. The van der Waals surface area contributed by atoms with Crippen molar-refractivity contribution in [2.24, 2.45) is 0 Å². The van der Waals surface area contributed by atoms with Crippen LogP contribution in [0.4, 0.5) is 19.0 Å². The van der Waals surface area contributed by atoms with E-state index in [2.05, 4.69) is 20.6 Å². The van der Waals surface area contributed by atoms with Crippen molar-refractivity contribution in [3.63, 3.8) is 0 Å². The Labute approximate surface area is 262 Å². The Kier molecular flexibility index (Phi) is 8.47. The quantitative estimate of drug-likeness (QED) is 0.211. The van der Waals surface area contributed by atoms with Crippen molar-refractivity contribution < 1.29 is 27.6 Å². The minimum absolute atomic E-state index is 0.202. The third-order valence-electron chi connectivity index (χ3n) is 7.81. The molecule has 3 amide bonds. The Balaban J connectivity index is 1.19. The van der Waals surface area contributed by atoms with Gasteiger partial charge in [0.1, 0.15) is 5.82 Å². The Bertz CT molecular complexity index is 1910. The lowest BCUT2D eigenvalue weighted by Crippen LogP contribution is -2.42. The van der Waals surface area contributed by atoms with E-state index in [0.717, 1.165) is 25.0 Å². The van der Waals surface area contributed by atoms with Gasteiger partial charge in [-0.25, -0.2) is 4.98 Å². The van der Waals surface area contributed by atoms with Crippen LogP contribution in [-0.2, 0) is 11.0 Å². The molecular formula is C35H28F3N5O3. The highest BCUT2D eigenvalue weighted by atomic mass is 19.4. The number of amides is 3. The van der Waals surface area contributed by atoms with Gasteiger partial charge in [-0.15, -0.1) is 0 Å². The summed E-state index contributed by atoms with van der Waals surface area (Å²) in [5, 5.41) is 6.24. The zero-order valence-corrected chi connectivity index (χ0v) is 24.4. The molecule has 5 aromatic rings. The number of aromatic nitrogens is 2. The first-order chi connectivity index (χ1) is 22.2. The summed E-state index contributed by atoms with van der Waals surface area (Å²) < 4.78 is 39.1. The molecule has 11 heteroatoms. The second kappa shape index (κ2) is 12.8. The highest BCUT2D eigenvalue weighted by Crippen LogP contribution is 2.32. The monoisotopic (exact) mass is 623 g/mol. The van der Waals surface area contributed by atoms with Gasteiger partial charge in [-0.3, -0.25) is 19.4 Å². The Morgan fingerprint density at radius 3 is 2.26 bits per heavy atom. The van der Waals surface area contributed by atoms with Gasteiger partial charge < -0.3 is 15.5 Å². The lowest BCUT2D eigenvalue weighted by Gasteiger charge is -2.23. The number of pyridine rings is 2. The van der Waals surface area contributed by atoms with Crippen LogP contribution < -0.4 is 10.6 Å². The number of carbonyl (C=O) groups excluding carboxylic acids is 3. The summed E-state index contributed by atoms with van der Waals surface area (Å²) in [6, 6.07) is 23.7. The molecule has 8 nitrogen and oxygen atoms in total. The number of anilines is 1. The number of fused-ring (bicyclic) bond motifs is 1. The second-order valence-corrected chi connectivity index (χ2v) is 10.9. The number of likely N-dealkylation sites (tertiary alicyclic amines) is 1. The van der Waals surface area contributed by atoms with Crippen LogP contribution in [0.5, 0.6) is 0 Å². The zero-order chi connectivity index (χ0) is 32.3. The van der Waals surface area contributed by atoms with Gasteiger partial charge in [-0.05, 0) is 84.6 Å². The fraction of sp³-hybridized carbons (Fsp3) is 0.171. The van der Waals surface area contributed by atoms with E-state index in [-0.39, 0.29) is 17.3 Å². The van der Waals surface area contributed by atoms with Crippen LogP contribution in [0.15, 0.2) is 103 Å². The molecule has 1 fully saturated rings. The van der Waals surface area contributed by atoms with Gasteiger partial charge in [-0.1, -0.05) is 36.4 Å². The first kappa shape index (κ1) is 30.4. The predicted octanol–water partition coefficient (Wildman–Crippen LogP) is 6.66. The fourth-order valence-electron chi connectivity index (χ4n) is 5.44. The summed E-state index contributed by atoms with van der Waals surface area (Å²) in [5.41, 5.74) is 1.72. The molecule has 6 rings (SSSR count). The van der Waals surface area contributed by atoms with Crippen molar-refractivity contribution in [3.8, 4) is 11.1 Å². The number of hydrogen-bond acceptors (Lipinski definition) is 5. The molecule has 0 aliphatic carbocycles. The molecule has 0 saturated carbocycles. The maximum atomic E-state index is 13.3. The average molecular weight is 624 g/mol. The summed E-state index contributed by atoms with van der Waals surface area (Å²) in [7, 11) is 0. The molecule has 46 heavy (non-hydrogen) atoms. The third kappa shape index (κ3) is 6.58. The van der Waals surface area contributed by atoms with Crippen LogP contribution in [0, 0.1) is 0 Å². The molecule has 1 aliphatic rings. The molecule has 0 bridgehead atoms. The molecule has 0 unspecified atom stereocenters. The number of halogens is 3. The molecule has 3 aromatic carbocycles. The molecule has 2 aromatic heterocycles. The standard InChI is InChI=1S/C35H28F3N5O3/c36-35(37,38)25-14-10-22(11-15-25)26-7-1-2-8-27(26)33(45)41-30-17-13-23-21-24(12-16-28(23)40-30)32(44)42-31(29-9-3-4-18-39-29)34(46)43-19-5-6-20-43/h1-4,7-18,21,31H,5-6,19-20H2,(H,42,44)(H,40,41,45)/t31-/m0/s1. The minimum Gasteiger partial charge on any atom is -0.341 e. The van der Waals surface area contributed by atoms with Crippen molar-refractivity contribution in [1.82, 2.24) is 20.2 Å². The summed E-state index contributed by atoms with van der Waals surface area (Å²) >= 11 is 0. The van der Waals surface area contributed by atoms with E-state index in [1.807, 2.05) is 0 Å². The lowest BCUT2D eigenvalue weighted by atomic mass is 9.98. The van der Waals surface area contributed by atoms with Crippen molar-refractivity contribution in [3.05, 3.63) is 126 Å². The molecular weight excluding hydrogens is 595 g/mol. The van der Waals surface area contributed by atoms with E-state index in [0.29, 0.717) is 46.4 Å². The van der Waals surface area contributed by atoms with E-state index in [4.69, 9.17) is 0 Å². The number of benzene rings is 3. The van der Waals surface area contributed by atoms with Crippen LogP contribution >= 0.6 is 0 Å². The van der Waals surface area contributed by atoms with Crippen LogP contribution in [-0.4, -0.2) is 45.7 Å². The van der Waals surface area contributed by atoms with E-state index >= 15 is 0 Å². The number of rotatable bonds is 7. The highest BCUT2D eigenvalue weighted by Gasteiger charge is 2.31. The van der Waals surface area contributed by atoms with Crippen LogP contribution in [0.25, 0.3) is 22.0 Å². The molecule has 232 valence electrons. The molecule has 1 atom stereocenters. The van der Waals surface area contributed by atoms with Crippen molar-refractivity contribution in [1.29, 1.82) is 0 Å². The molecule has 0 radical (unpaired) electrons. The molecule has 0 spiro atoms. The number of alkyl halides is 3. The summed E-state index contributed by atoms with van der Waals surface area (Å²) in [4.78, 5) is 50.4. The molecule has 1 aliphatic heterocycles. The van der Waals surface area contributed by atoms with Crippen LogP contribution in [0.3, 0.4) is 0 Å². The Morgan fingerprint density at radius 1 is 0.804 bits per heavy atom. The summed E-state index contributed by atoms with van der Waals surface area (Å²) in [6.07, 6.45) is -1.05. The lowest BCUT2D eigenvalue weighted by molar-refractivity contribution is -0.137. The smallest absolute Gasteiger partial charge is 0.341 e. The first-order valence-electron chi connectivity index (χ1n) is 14.7. The van der Waals surface area contributed by atoms with Gasteiger partial charge in [-0.2, -0.15) is 13.2 Å². The van der Waals surface area contributed by atoms with Gasteiger partial charge in [0.25, 0.3) is 17.7 Å². The van der Waals surface area contributed by atoms with Gasteiger partial charge in [0.05, 0.1) is 16.8 Å². The van der Waals surface area contributed by atoms with E-state index < -0.39 is 29.6 Å². The summed E-state index contributed by atoms with van der Waals surface area (Å²) in [6.45, 7) is 1.28.